The number of hydrogen-bond acceptors (Lipinski definition) is 6. The number of ether oxygens (including phenoxy) is 1. The zero-order valence-corrected chi connectivity index (χ0v) is 24.4. The maximum Gasteiger partial charge on any atom is 0.418 e. The number of fused-ring (bicyclic) bond motifs is 2. The van der Waals surface area contributed by atoms with Gasteiger partial charge in [-0.1, -0.05) is 81.0 Å². The first-order valence-electron chi connectivity index (χ1n) is 12.4. The number of carbonyl (C=O) groups is 2. The molecule has 2 amide bonds. The van der Waals surface area contributed by atoms with Crippen LogP contribution in [-0.4, -0.2) is 22.0 Å². The first kappa shape index (κ1) is 27.8. The lowest BCUT2D eigenvalue weighted by Gasteiger charge is -2.31. The third kappa shape index (κ3) is 5.02. The van der Waals surface area contributed by atoms with Crippen molar-refractivity contribution in [3.63, 3.8) is 0 Å². The number of thiazole rings is 1. The summed E-state index contributed by atoms with van der Waals surface area (Å²) in [4.78, 5) is 43.7. The molecule has 4 aromatic rings. The van der Waals surface area contributed by atoms with E-state index >= 15 is 0 Å². The van der Waals surface area contributed by atoms with Gasteiger partial charge in [-0.3, -0.25) is 14.4 Å². The van der Waals surface area contributed by atoms with E-state index in [-0.39, 0.29) is 11.5 Å². The summed E-state index contributed by atoms with van der Waals surface area (Å²) in [6, 6.07) is 17.6. The number of amides is 2. The third-order valence-electron chi connectivity index (χ3n) is 7.10. The highest BCUT2D eigenvalue weighted by Gasteiger charge is 2.57. The molecule has 3 heterocycles. The van der Waals surface area contributed by atoms with E-state index in [1.807, 2.05) is 31.2 Å². The van der Waals surface area contributed by atoms with Crippen LogP contribution in [0.2, 0.25) is 0 Å². The number of thioether (sulfide) groups is 1. The van der Waals surface area contributed by atoms with E-state index in [2.05, 4.69) is 20.9 Å². The van der Waals surface area contributed by atoms with Crippen LogP contribution in [0, 0.1) is 12.8 Å². The van der Waals surface area contributed by atoms with Crippen molar-refractivity contribution in [2.24, 2.45) is 5.92 Å². The fourth-order valence-corrected chi connectivity index (χ4v) is 8.12. The van der Waals surface area contributed by atoms with Crippen LogP contribution < -0.4 is 14.5 Å². The molecular weight excluding hydrogens is 641 g/mol. The average Bonchev–Trinajstić information content (AvgIpc) is 3.42. The summed E-state index contributed by atoms with van der Waals surface area (Å²) < 4.78 is 48.6. The number of benzene rings is 3. The van der Waals surface area contributed by atoms with Crippen molar-refractivity contribution in [2.45, 2.75) is 35.9 Å². The Kier molecular flexibility index (Phi) is 7.11. The van der Waals surface area contributed by atoms with Crippen molar-refractivity contribution in [1.82, 2.24) is 4.98 Å². The van der Waals surface area contributed by atoms with Crippen molar-refractivity contribution in [2.75, 3.05) is 4.90 Å². The molecule has 0 bridgehead atoms. The summed E-state index contributed by atoms with van der Waals surface area (Å²) in [6.07, 6.45) is -4.78. The summed E-state index contributed by atoms with van der Waals surface area (Å²) >= 11 is 5.39. The third-order valence-corrected chi connectivity index (χ3v) is 9.99. The van der Waals surface area contributed by atoms with Gasteiger partial charge in [0, 0.05) is 20.8 Å². The molecule has 3 aromatic carbocycles. The number of carbonyl (C=O) groups excluding carboxylic acids is 2. The maximum absolute atomic E-state index is 14.0. The van der Waals surface area contributed by atoms with Crippen LogP contribution in [0.25, 0.3) is 0 Å². The SMILES string of the molecule is Cc1ccc(COc2ccc(Br)cc2[C@@H]2c3sc(=O)[nH]c3S[C@H]3C(=O)N(c4ccccc4C(F)(F)F)C(=O)[C@@H]23)cc1. The number of aromatic amines is 1. The zero-order chi connectivity index (χ0) is 29.1. The zero-order valence-electron chi connectivity index (χ0n) is 21.2. The van der Waals surface area contributed by atoms with Crippen LogP contribution in [-0.2, 0) is 22.4 Å². The average molecular weight is 662 g/mol. The predicted octanol–water partition coefficient (Wildman–Crippen LogP) is 6.90. The summed E-state index contributed by atoms with van der Waals surface area (Å²) in [6.45, 7) is 2.20. The molecule has 41 heavy (non-hydrogen) atoms. The van der Waals surface area contributed by atoms with Crippen LogP contribution in [0.15, 0.2) is 81.0 Å². The van der Waals surface area contributed by atoms with Gasteiger partial charge >= 0.3 is 11.0 Å². The van der Waals surface area contributed by atoms with Gasteiger partial charge in [-0.2, -0.15) is 13.2 Å². The molecule has 2 aliphatic heterocycles. The highest BCUT2D eigenvalue weighted by atomic mass is 79.9. The number of aryl methyl sites for hydroxylation is 1. The van der Waals surface area contributed by atoms with Crippen LogP contribution in [0.3, 0.4) is 0 Å². The minimum absolute atomic E-state index is 0.221. The Balaban J connectivity index is 1.46. The van der Waals surface area contributed by atoms with E-state index < -0.39 is 46.3 Å². The number of halogens is 4. The maximum atomic E-state index is 14.0. The van der Waals surface area contributed by atoms with Gasteiger partial charge in [-0.25, -0.2) is 4.90 Å². The van der Waals surface area contributed by atoms with E-state index in [0.717, 1.165) is 46.4 Å². The van der Waals surface area contributed by atoms with Crippen LogP contribution >= 0.6 is 39.0 Å². The molecule has 1 aromatic heterocycles. The highest BCUT2D eigenvalue weighted by Crippen LogP contribution is 2.55. The number of hydrogen-bond donors (Lipinski definition) is 1. The summed E-state index contributed by atoms with van der Waals surface area (Å²) in [5.74, 6) is -2.97. The Morgan fingerprint density at radius 2 is 1.73 bits per heavy atom. The minimum Gasteiger partial charge on any atom is -0.489 e. The molecule has 2 aliphatic rings. The second-order valence-electron chi connectivity index (χ2n) is 9.73. The number of alkyl halides is 3. The van der Waals surface area contributed by atoms with Gasteiger partial charge in [0.25, 0.3) is 0 Å². The molecule has 1 fully saturated rings. The number of nitrogens with one attached hydrogen (secondary N) is 1. The molecule has 1 N–H and O–H groups in total. The molecular formula is C29H20BrF3N2O4S2. The molecule has 0 radical (unpaired) electrons. The van der Waals surface area contributed by atoms with Crippen LogP contribution in [0.1, 0.15) is 33.0 Å². The number of H-pyrrole nitrogens is 1. The Bertz CT molecular complexity index is 1740. The molecule has 210 valence electrons. The molecule has 0 aliphatic carbocycles. The van der Waals surface area contributed by atoms with E-state index in [9.17, 15) is 27.6 Å². The fraction of sp³-hybridized carbons (Fsp3) is 0.207. The number of imide groups is 1. The molecule has 12 heteroatoms. The fourth-order valence-electron chi connectivity index (χ4n) is 5.24. The Hall–Kier alpha value is -3.35. The van der Waals surface area contributed by atoms with Crippen LogP contribution in [0.4, 0.5) is 18.9 Å². The molecule has 6 nitrogen and oxygen atoms in total. The van der Waals surface area contributed by atoms with Gasteiger partial charge in [-0.05, 0) is 42.8 Å². The first-order valence-corrected chi connectivity index (χ1v) is 14.9. The van der Waals surface area contributed by atoms with Gasteiger partial charge in [0.05, 0.1) is 22.2 Å². The van der Waals surface area contributed by atoms with Crippen molar-refractivity contribution in [3.05, 3.63) is 108 Å². The predicted molar refractivity (Wildman–Crippen MR) is 154 cm³/mol. The number of anilines is 1. The van der Waals surface area contributed by atoms with Crippen molar-refractivity contribution in [1.29, 1.82) is 0 Å². The van der Waals surface area contributed by atoms with E-state index in [1.54, 1.807) is 18.2 Å². The number of nitrogens with zero attached hydrogens (tertiary/aromatic N) is 1. The van der Waals surface area contributed by atoms with E-state index in [1.165, 1.54) is 12.1 Å². The first-order chi connectivity index (χ1) is 19.5. The number of para-hydroxylation sites is 1. The Morgan fingerprint density at radius 3 is 2.46 bits per heavy atom. The van der Waals surface area contributed by atoms with E-state index in [4.69, 9.17) is 4.74 Å². The molecule has 0 saturated carbocycles. The lowest BCUT2D eigenvalue weighted by molar-refractivity contribution is -0.137. The van der Waals surface area contributed by atoms with E-state index in [0.29, 0.717) is 30.6 Å². The second kappa shape index (κ2) is 10.5. The molecule has 0 unspecified atom stereocenters. The summed E-state index contributed by atoms with van der Waals surface area (Å²) in [5, 5.41) is -0.627. The smallest absolute Gasteiger partial charge is 0.418 e. The molecule has 0 spiro atoms. The van der Waals surface area contributed by atoms with Gasteiger partial charge < -0.3 is 9.72 Å². The quantitative estimate of drug-likeness (QED) is 0.236. The molecule has 1 saturated heterocycles. The van der Waals surface area contributed by atoms with Crippen molar-refractivity contribution in [3.8, 4) is 5.75 Å². The van der Waals surface area contributed by atoms with Gasteiger partial charge in [0.1, 0.15) is 17.6 Å². The van der Waals surface area contributed by atoms with Gasteiger partial charge in [0.2, 0.25) is 11.8 Å². The van der Waals surface area contributed by atoms with Gasteiger partial charge in [0.15, 0.2) is 0 Å². The standard InChI is InChI=1S/C29H20BrF3N2O4S2/c1-14-6-8-15(9-7-14)13-39-20-11-10-16(30)12-17(20)21-22-24(40-25-23(21)41-28(38)34-25)27(37)35(26(22)36)19-5-3-2-4-18(19)29(31,32)33/h2-12,21-22,24H,13H2,1H3,(H,34,38)/t21-,22-,24+/m0/s1. The van der Waals surface area contributed by atoms with Crippen LogP contribution in [0.5, 0.6) is 5.75 Å². The monoisotopic (exact) mass is 660 g/mol. The van der Waals surface area contributed by atoms with Crippen molar-refractivity contribution < 1.29 is 27.5 Å². The summed E-state index contributed by atoms with van der Waals surface area (Å²) in [7, 11) is 0. The number of aromatic nitrogens is 1. The van der Waals surface area contributed by atoms with Gasteiger partial charge in [-0.15, -0.1) is 0 Å². The largest absolute Gasteiger partial charge is 0.489 e. The normalized spacial score (nSPS) is 20.2. The minimum atomic E-state index is -4.78. The highest BCUT2D eigenvalue weighted by molar-refractivity contribution is 9.10. The lowest BCUT2D eigenvalue weighted by atomic mass is 9.82. The Morgan fingerprint density at radius 1 is 1.00 bits per heavy atom. The second-order valence-corrected chi connectivity index (χ2v) is 12.8. The molecule has 6 rings (SSSR count). The topological polar surface area (TPSA) is 79.5 Å². The number of rotatable bonds is 5. The summed E-state index contributed by atoms with van der Waals surface area (Å²) in [5.41, 5.74) is 0.973. The lowest BCUT2D eigenvalue weighted by Crippen LogP contribution is -2.33. The molecule has 3 atom stereocenters. The van der Waals surface area contributed by atoms with Crippen molar-refractivity contribution >= 4 is 56.5 Å². The Labute approximate surface area is 248 Å².